The summed E-state index contributed by atoms with van der Waals surface area (Å²) in [6, 6.07) is 25.6. The molecule has 0 amide bonds. The zero-order chi connectivity index (χ0) is 16.4. The van der Waals surface area contributed by atoms with Gasteiger partial charge < -0.3 is 0 Å². The molecule has 1 aliphatic heterocycles. The number of nitrogens with one attached hydrogen (secondary N) is 1. The van der Waals surface area contributed by atoms with Crippen molar-refractivity contribution >= 4 is 28.8 Å². The zero-order valence-corrected chi connectivity index (χ0v) is 13.5. The Morgan fingerprint density at radius 3 is 2.12 bits per heavy atom. The first-order valence-electron chi connectivity index (χ1n) is 7.64. The molecule has 4 rings (SSSR count). The van der Waals surface area contributed by atoms with Crippen LogP contribution in [-0.4, -0.2) is 11.5 Å². The quantitative estimate of drug-likeness (QED) is 0.721. The van der Waals surface area contributed by atoms with Gasteiger partial charge in [0.05, 0.1) is 5.69 Å². The van der Waals surface area contributed by atoms with Crippen molar-refractivity contribution in [3.05, 3.63) is 101 Å². The first-order valence-corrected chi connectivity index (χ1v) is 8.02. The molecule has 1 aliphatic rings. The van der Waals surface area contributed by atoms with E-state index >= 15 is 0 Å². The molecule has 0 saturated carbocycles. The number of hydrazone groups is 1. The Labute approximate surface area is 145 Å². The smallest absolute Gasteiger partial charge is 0.154 e. The number of benzene rings is 3. The predicted molar refractivity (Wildman–Crippen MR) is 99.3 cm³/mol. The van der Waals surface area contributed by atoms with Crippen molar-refractivity contribution in [2.75, 3.05) is 0 Å². The van der Waals surface area contributed by atoms with E-state index in [9.17, 15) is 0 Å². The van der Waals surface area contributed by atoms with E-state index in [1.54, 1.807) is 0 Å². The van der Waals surface area contributed by atoms with Crippen molar-refractivity contribution < 1.29 is 0 Å². The third kappa shape index (κ3) is 2.82. The van der Waals surface area contributed by atoms with Gasteiger partial charge in [-0.25, -0.2) is 4.99 Å². The highest BCUT2D eigenvalue weighted by Gasteiger charge is 2.17. The molecule has 3 aromatic carbocycles. The van der Waals surface area contributed by atoms with Crippen molar-refractivity contribution in [3.63, 3.8) is 0 Å². The lowest BCUT2D eigenvalue weighted by molar-refractivity contribution is 1.03. The average molecular weight is 332 g/mol. The molecule has 0 atom stereocenters. The second-order valence-corrected chi connectivity index (χ2v) is 5.86. The molecule has 0 fully saturated rings. The van der Waals surface area contributed by atoms with Crippen LogP contribution in [0.4, 0.5) is 5.69 Å². The Bertz CT molecular complexity index is 932. The van der Waals surface area contributed by atoms with E-state index in [4.69, 9.17) is 16.6 Å². The number of hydrogen-bond acceptors (Lipinski definition) is 3. The minimum absolute atomic E-state index is 0.663. The average Bonchev–Trinajstić information content (AvgIpc) is 2.82. The summed E-state index contributed by atoms with van der Waals surface area (Å²) >= 11 is 6.21. The van der Waals surface area contributed by atoms with Crippen molar-refractivity contribution in [3.8, 4) is 0 Å². The largest absolute Gasteiger partial charge is 0.260 e. The molecule has 4 heteroatoms. The molecular formula is C20H14ClN3. The summed E-state index contributed by atoms with van der Waals surface area (Å²) in [5.74, 6) is 0.713. The van der Waals surface area contributed by atoms with Gasteiger partial charge in [0.2, 0.25) is 0 Å². The summed E-state index contributed by atoms with van der Waals surface area (Å²) in [4.78, 5) is 4.76. The van der Waals surface area contributed by atoms with Gasteiger partial charge in [-0.1, -0.05) is 72.3 Å². The van der Waals surface area contributed by atoms with Gasteiger partial charge in [0.15, 0.2) is 5.84 Å². The van der Waals surface area contributed by atoms with E-state index in [0.29, 0.717) is 10.9 Å². The van der Waals surface area contributed by atoms with Crippen LogP contribution in [0, 0.1) is 0 Å². The highest BCUT2D eigenvalue weighted by Crippen LogP contribution is 2.28. The third-order valence-electron chi connectivity index (χ3n) is 3.81. The van der Waals surface area contributed by atoms with Gasteiger partial charge in [0.1, 0.15) is 5.71 Å². The molecule has 3 nitrogen and oxygen atoms in total. The van der Waals surface area contributed by atoms with Gasteiger partial charge in [-0.05, 0) is 18.2 Å². The fourth-order valence-electron chi connectivity index (χ4n) is 2.65. The van der Waals surface area contributed by atoms with E-state index in [1.165, 1.54) is 0 Å². The van der Waals surface area contributed by atoms with Crippen LogP contribution in [0.1, 0.15) is 16.7 Å². The Morgan fingerprint density at radius 1 is 0.750 bits per heavy atom. The fraction of sp³-hybridized carbons (Fsp3) is 0. The van der Waals surface area contributed by atoms with Crippen LogP contribution in [0.5, 0.6) is 0 Å². The van der Waals surface area contributed by atoms with Gasteiger partial charge in [-0.15, -0.1) is 0 Å². The second-order valence-electron chi connectivity index (χ2n) is 5.43. The molecule has 116 valence electrons. The molecule has 0 spiro atoms. The van der Waals surface area contributed by atoms with E-state index < -0.39 is 0 Å². The summed E-state index contributed by atoms with van der Waals surface area (Å²) in [6.45, 7) is 0. The number of nitrogens with zero attached hydrogens (tertiary/aromatic N) is 2. The van der Waals surface area contributed by atoms with Gasteiger partial charge in [0.25, 0.3) is 0 Å². The molecule has 3 aromatic rings. The van der Waals surface area contributed by atoms with Gasteiger partial charge in [0, 0.05) is 21.7 Å². The number of amidine groups is 1. The standard InChI is InChI=1S/C20H14ClN3/c21-16-11-12-18-17(13-16)19(14-7-3-1-4-8-14)23-24-20(22-18)15-9-5-2-6-10-15/h1-13H,(H,22,24). The van der Waals surface area contributed by atoms with E-state index in [-0.39, 0.29) is 0 Å². The molecule has 0 saturated heterocycles. The summed E-state index contributed by atoms with van der Waals surface area (Å²) in [5.41, 5.74) is 7.67. The molecule has 24 heavy (non-hydrogen) atoms. The number of halogens is 1. The lowest BCUT2D eigenvalue weighted by atomic mass is 10.0. The van der Waals surface area contributed by atoms with Crippen LogP contribution in [0.25, 0.3) is 0 Å². The normalized spacial score (nSPS) is 13.2. The Morgan fingerprint density at radius 2 is 1.42 bits per heavy atom. The lowest BCUT2D eigenvalue weighted by Gasteiger charge is -2.07. The van der Waals surface area contributed by atoms with Crippen molar-refractivity contribution in [2.24, 2.45) is 10.1 Å². The van der Waals surface area contributed by atoms with Crippen LogP contribution >= 0.6 is 11.6 Å². The highest BCUT2D eigenvalue weighted by molar-refractivity contribution is 6.31. The van der Waals surface area contributed by atoms with Crippen LogP contribution in [0.15, 0.2) is 89.0 Å². The van der Waals surface area contributed by atoms with Crippen molar-refractivity contribution in [2.45, 2.75) is 0 Å². The minimum atomic E-state index is 0.663. The Hall–Kier alpha value is -2.91. The van der Waals surface area contributed by atoms with Crippen LogP contribution in [-0.2, 0) is 0 Å². The molecule has 0 unspecified atom stereocenters. The maximum Gasteiger partial charge on any atom is 0.154 e. The van der Waals surface area contributed by atoms with E-state index in [1.807, 2.05) is 78.9 Å². The maximum atomic E-state index is 6.21. The molecule has 0 bridgehead atoms. The van der Waals surface area contributed by atoms with Crippen LogP contribution in [0.3, 0.4) is 0 Å². The molecular weight excluding hydrogens is 318 g/mol. The monoisotopic (exact) mass is 331 g/mol. The van der Waals surface area contributed by atoms with Gasteiger partial charge in [-0.3, -0.25) is 5.43 Å². The van der Waals surface area contributed by atoms with Crippen LogP contribution < -0.4 is 5.43 Å². The van der Waals surface area contributed by atoms with Gasteiger partial charge in [-0.2, -0.15) is 5.10 Å². The molecule has 1 heterocycles. The zero-order valence-electron chi connectivity index (χ0n) is 12.8. The fourth-order valence-corrected chi connectivity index (χ4v) is 2.82. The van der Waals surface area contributed by atoms with Crippen molar-refractivity contribution in [1.29, 1.82) is 0 Å². The summed E-state index contributed by atoms with van der Waals surface area (Å²) < 4.78 is 0. The first kappa shape index (κ1) is 14.7. The topological polar surface area (TPSA) is 36.8 Å². The van der Waals surface area contributed by atoms with E-state index in [2.05, 4.69) is 10.5 Å². The minimum Gasteiger partial charge on any atom is -0.260 e. The first-order chi connectivity index (χ1) is 11.8. The summed E-state index contributed by atoms with van der Waals surface area (Å²) in [6.07, 6.45) is 0. The summed E-state index contributed by atoms with van der Waals surface area (Å²) in [5, 5.41) is 5.27. The maximum absolute atomic E-state index is 6.21. The van der Waals surface area contributed by atoms with Crippen LogP contribution in [0.2, 0.25) is 5.02 Å². The number of aliphatic imine (C=N–C) groups is 1. The van der Waals surface area contributed by atoms with Crippen molar-refractivity contribution in [1.82, 2.24) is 5.43 Å². The Balaban J connectivity index is 1.89. The van der Waals surface area contributed by atoms with E-state index in [0.717, 1.165) is 28.1 Å². The van der Waals surface area contributed by atoms with Gasteiger partial charge >= 0.3 is 0 Å². The highest BCUT2D eigenvalue weighted by atomic mass is 35.5. The summed E-state index contributed by atoms with van der Waals surface area (Å²) in [7, 11) is 0. The molecule has 0 radical (unpaired) electrons. The molecule has 1 N–H and O–H groups in total. The molecule has 0 aliphatic carbocycles. The number of hydrogen-bond donors (Lipinski definition) is 1. The SMILES string of the molecule is Clc1ccc2c(c1)C(c1ccccc1)=NNC(c1ccccc1)=N2. The number of fused-ring (bicyclic) bond motifs is 1. The number of rotatable bonds is 2. The third-order valence-corrected chi connectivity index (χ3v) is 4.05. The lowest BCUT2D eigenvalue weighted by Crippen LogP contribution is -2.19. The predicted octanol–water partition coefficient (Wildman–Crippen LogP) is 4.77. The Kier molecular flexibility index (Phi) is 3.85. The second kappa shape index (κ2) is 6.30. The molecule has 0 aromatic heterocycles.